The maximum absolute atomic E-state index is 6.87. The first kappa shape index (κ1) is 31.6. The molecule has 4 aromatic rings. The average molecular weight is 666 g/mol. The Morgan fingerprint density at radius 3 is 2.41 bits per heavy atom. The predicted octanol–water partition coefficient (Wildman–Crippen LogP) is 5.98. The summed E-state index contributed by atoms with van der Waals surface area (Å²) < 4.78 is 38.9. The Morgan fingerprint density at radius 2 is 1.67 bits per heavy atom. The van der Waals surface area contributed by atoms with Crippen molar-refractivity contribution in [2.45, 2.75) is 82.4 Å². The molecule has 0 bridgehead atoms. The van der Waals surface area contributed by atoms with Crippen LogP contribution in [0.15, 0.2) is 48.8 Å². The number of fused-ring (bicyclic) bond motifs is 2. The zero-order valence-corrected chi connectivity index (χ0v) is 28.2. The van der Waals surface area contributed by atoms with Gasteiger partial charge in [-0.05, 0) is 37.4 Å². The normalized spacial score (nSPS) is 24.8. The molecule has 7 rings (SSSR count). The monoisotopic (exact) mass is 665 g/mol. The summed E-state index contributed by atoms with van der Waals surface area (Å²) in [4.78, 5) is 18.4. The molecular formula is C33H40ClN5O6Si. The molecule has 3 aromatic heterocycles. The quantitative estimate of drug-likeness (QED) is 0.140. The standard InChI is InChI=1S/C33H40ClN5O6Si/c1-46(2,3)16-15-40-20-39-24-17-23(34)28(21-8-10-22(11-9-21)31-35-12-6-13-36-31)37-32(24)38-33(39)45-26-19-43-29-25(18-42-30(26)29)44-27-7-4-5-14-41-27/h6,8-13,17,25-27,29-30H,4-5,7,14-16,18-20H2,1-3H3/t25-,26-,27?,29-,30-/m1/s1. The topological polar surface area (TPSA) is 112 Å². The molecule has 0 N–H and O–H groups in total. The number of hydrogen-bond acceptors (Lipinski definition) is 10. The average Bonchev–Trinajstić information content (AvgIpc) is 3.74. The summed E-state index contributed by atoms with van der Waals surface area (Å²) in [5.41, 5.74) is 3.62. The molecule has 0 aliphatic carbocycles. The van der Waals surface area contributed by atoms with Gasteiger partial charge in [0.05, 0.1) is 29.4 Å². The lowest BCUT2D eigenvalue weighted by molar-refractivity contribution is -0.202. The lowest BCUT2D eigenvalue weighted by atomic mass is 10.1. The van der Waals surface area contributed by atoms with Crippen molar-refractivity contribution in [1.29, 1.82) is 0 Å². The van der Waals surface area contributed by atoms with E-state index >= 15 is 0 Å². The highest BCUT2D eigenvalue weighted by atomic mass is 35.5. The molecule has 46 heavy (non-hydrogen) atoms. The fraction of sp³-hybridized carbons (Fsp3) is 0.515. The van der Waals surface area contributed by atoms with Crippen LogP contribution in [0.1, 0.15) is 19.3 Å². The highest BCUT2D eigenvalue weighted by Crippen LogP contribution is 2.36. The van der Waals surface area contributed by atoms with E-state index in [-0.39, 0.29) is 37.4 Å². The number of nitrogens with zero attached hydrogens (tertiary/aromatic N) is 5. The summed E-state index contributed by atoms with van der Waals surface area (Å²) in [5, 5.41) is 0.499. The van der Waals surface area contributed by atoms with Crippen LogP contribution >= 0.6 is 11.6 Å². The summed E-state index contributed by atoms with van der Waals surface area (Å²) >= 11 is 6.87. The molecule has 3 saturated heterocycles. The number of hydrogen-bond donors (Lipinski definition) is 0. The van der Waals surface area contributed by atoms with Crippen molar-refractivity contribution in [3.8, 4) is 28.7 Å². The SMILES string of the molecule is C[Si](C)(C)CCOCn1c(O[C@@H]2CO[C@H]3[C@@H]2OC[C@H]3OC2CCCCO2)nc2nc(-c3ccc(-c4ncccn4)cc3)c(Cl)cc21. The molecule has 3 aliphatic heterocycles. The first-order valence-corrected chi connectivity index (χ1v) is 20.1. The second-order valence-electron chi connectivity index (χ2n) is 13.2. The number of benzene rings is 1. The summed E-state index contributed by atoms with van der Waals surface area (Å²) in [6.07, 6.45) is 5.21. The molecule has 11 nitrogen and oxygen atoms in total. The van der Waals surface area contributed by atoms with Crippen molar-refractivity contribution in [2.24, 2.45) is 0 Å². The van der Waals surface area contributed by atoms with E-state index in [0.29, 0.717) is 48.0 Å². The number of aromatic nitrogens is 5. The van der Waals surface area contributed by atoms with Gasteiger partial charge in [-0.2, -0.15) is 4.98 Å². The lowest BCUT2D eigenvalue weighted by Gasteiger charge is -2.27. The smallest absolute Gasteiger partial charge is 0.301 e. The van der Waals surface area contributed by atoms with Crippen LogP contribution in [0.25, 0.3) is 33.8 Å². The largest absolute Gasteiger partial charge is 0.456 e. The maximum Gasteiger partial charge on any atom is 0.301 e. The van der Waals surface area contributed by atoms with Crippen molar-refractivity contribution in [2.75, 3.05) is 26.4 Å². The third-order valence-corrected chi connectivity index (χ3v) is 10.5. The second-order valence-corrected chi connectivity index (χ2v) is 19.2. The molecule has 0 saturated carbocycles. The highest BCUT2D eigenvalue weighted by molar-refractivity contribution is 6.76. The molecule has 5 atom stereocenters. The molecule has 3 aliphatic rings. The van der Waals surface area contributed by atoms with Gasteiger partial charge in [0.1, 0.15) is 25.0 Å². The third kappa shape index (κ3) is 6.98. The molecule has 6 heterocycles. The van der Waals surface area contributed by atoms with E-state index in [4.69, 9.17) is 50.0 Å². The van der Waals surface area contributed by atoms with Crippen LogP contribution in [0.5, 0.6) is 6.01 Å². The minimum Gasteiger partial charge on any atom is -0.456 e. The van der Waals surface area contributed by atoms with Crippen LogP contribution in [-0.2, 0) is 30.4 Å². The van der Waals surface area contributed by atoms with Crippen LogP contribution in [0, 0.1) is 0 Å². The van der Waals surface area contributed by atoms with Crippen molar-refractivity contribution >= 4 is 30.8 Å². The Labute approximate surface area is 274 Å². The highest BCUT2D eigenvalue weighted by Gasteiger charge is 2.50. The molecule has 244 valence electrons. The number of pyridine rings is 1. The van der Waals surface area contributed by atoms with Crippen LogP contribution in [0.4, 0.5) is 0 Å². The third-order valence-electron chi connectivity index (χ3n) is 8.54. The van der Waals surface area contributed by atoms with E-state index in [0.717, 1.165) is 48.6 Å². The molecule has 3 fully saturated rings. The van der Waals surface area contributed by atoms with Crippen LogP contribution in [0.3, 0.4) is 0 Å². The van der Waals surface area contributed by atoms with E-state index in [9.17, 15) is 0 Å². The van der Waals surface area contributed by atoms with E-state index in [1.807, 2.05) is 34.9 Å². The summed E-state index contributed by atoms with van der Waals surface area (Å²) in [6, 6.07) is 12.9. The van der Waals surface area contributed by atoms with E-state index in [1.165, 1.54) is 0 Å². The Hall–Kier alpha value is -2.97. The molecule has 0 amide bonds. The zero-order chi connectivity index (χ0) is 31.7. The zero-order valence-electron chi connectivity index (χ0n) is 26.4. The van der Waals surface area contributed by atoms with Gasteiger partial charge in [-0.3, -0.25) is 4.57 Å². The fourth-order valence-corrected chi connectivity index (χ4v) is 6.99. The van der Waals surface area contributed by atoms with Crippen molar-refractivity contribution < 1.29 is 28.4 Å². The van der Waals surface area contributed by atoms with E-state index in [2.05, 4.69) is 29.6 Å². The van der Waals surface area contributed by atoms with Gasteiger partial charge in [0.2, 0.25) is 0 Å². The number of ether oxygens (including phenoxy) is 6. The van der Waals surface area contributed by atoms with Crippen LogP contribution < -0.4 is 4.74 Å². The number of rotatable bonds is 11. The molecule has 13 heteroatoms. The van der Waals surface area contributed by atoms with Gasteiger partial charge in [-0.25, -0.2) is 15.0 Å². The van der Waals surface area contributed by atoms with Crippen molar-refractivity contribution in [3.63, 3.8) is 0 Å². The summed E-state index contributed by atoms with van der Waals surface area (Å²) in [7, 11) is -1.27. The van der Waals surface area contributed by atoms with Gasteiger partial charge >= 0.3 is 6.01 Å². The van der Waals surface area contributed by atoms with Crippen molar-refractivity contribution in [3.05, 3.63) is 53.8 Å². The Kier molecular flexibility index (Phi) is 9.37. The van der Waals surface area contributed by atoms with Gasteiger partial charge < -0.3 is 28.4 Å². The minimum atomic E-state index is -1.27. The van der Waals surface area contributed by atoms with Gasteiger partial charge in [-0.1, -0.05) is 55.5 Å². The summed E-state index contributed by atoms with van der Waals surface area (Å²) in [5.74, 6) is 0.655. The van der Waals surface area contributed by atoms with Gasteiger partial charge in [0, 0.05) is 44.8 Å². The van der Waals surface area contributed by atoms with E-state index in [1.54, 1.807) is 18.5 Å². The Balaban J connectivity index is 1.13. The summed E-state index contributed by atoms with van der Waals surface area (Å²) in [6.45, 7) is 9.41. The number of halogens is 1. The Morgan fingerprint density at radius 1 is 0.935 bits per heavy atom. The van der Waals surface area contributed by atoms with E-state index < -0.39 is 8.07 Å². The van der Waals surface area contributed by atoms with Gasteiger partial charge in [0.25, 0.3) is 0 Å². The molecule has 1 unspecified atom stereocenters. The van der Waals surface area contributed by atoms with Gasteiger partial charge in [-0.15, -0.1) is 0 Å². The first-order chi connectivity index (χ1) is 22.3. The van der Waals surface area contributed by atoms with Crippen LogP contribution in [-0.4, -0.2) is 89.7 Å². The lowest BCUT2D eigenvalue weighted by Crippen LogP contribution is -2.38. The first-order valence-electron chi connectivity index (χ1n) is 16.0. The predicted molar refractivity (Wildman–Crippen MR) is 175 cm³/mol. The number of imidazole rings is 1. The molecule has 1 aromatic carbocycles. The molecule has 0 spiro atoms. The second kappa shape index (κ2) is 13.6. The molecule has 0 radical (unpaired) electrons. The van der Waals surface area contributed by atoms with Crippen LogP contribution in [0.2, 0.25) is 30.7 Å². The minimum absolute atomic E-state index is 0.201. The van der Waals surface area contributed by atoms with Gasteiger partial charge in [0.15, 0.2) is 23.9 Å². The fourth-order valence-electron chi connectivity index (χ4n) is 5.98. The maximum atomic E-state index is 6.87. The Bertz CT molecular complexity index is 1630. The molecular weight excluding hydrogens is 626 g/mol. The van der Waals surface area contributed by atoms with Crippen molar-refractivity contribution in [1.82, 2.24) is 24.5 Å².